The molecule has 6 heteroatoms. The molecule has 0 unspecified atom stereocenters. The summed E-state index contributed by atoms with van der Waals surface area (Å²) in [4.78, 5) is 10.3. The minimum absolute atomic E-state index is 0.0163. The lowest BCUT2D eigenvalue weighted by Crippen LogP contribution is -2.00. The Labute approximate surface area is 125 Å². The zero-order valence-electron chi connectivity index (χ0n) is 11.4. The number of nitro groups is 1. The molecule has 2 aromatic carbocycles. The van der Waals surface area contributed by atoms with Gasteiger partial charge in [-0.1, -0.05) is 24.3 Å². The lowest BCUT2D eigenvalue weighted by Gasteiger charge is -2.05. The molecule has 108 valence electrons. The van der Waals surface area contributed by atoms with Gasteiger partial charge in [0.2, 0.25) is 5.76 Å². The van der Waals surface area contributed by atoms with Crippen molar-refractivity contribution < 1.29 is 9.34 Å². The van der Waals surface area contributed by atoms with Gasteiger partial charge in [-0.05, 0) is 12.1 Å². The van der Waals surface area contributed by atoms with Gasteiger partial charge in [0.1, 0.15) is 11.7 Å². The van der Waals surface area contributed by atoms with Crippen molar-refractivity contribution in [3.8, 4) is 6.07 Å². The molecule has 0 saturated heterocycles. The van der Waals surface area contributed by atoms with E-state index in [0.717, 1.165) is 10.9 Å². The molecular formula is C16H11N3O3. The van der Waals surface area contributed by atoms with E-state index in [0.29, 0.717) is 17.8 Å². The van der Waals surface area contributed by atoms with Crippen LogP contribution in [0.25, 0.3) is 11.0 Å². The average molecular weight is 293 g/mol. The summed E-state index contributed by atoms with van der Waals surface area (Å²) in [6, 6.07) is 15.7. The molecular weight excluding hydrogens is 282 g/mol. The largest absolute Gasteiger partial charge is 0.445 e. The zero-order chi connectivity index (χ0) is 15.5. The molecule has 3 aromatic rings. The topological polar surface area (TPSA) is 92.1 Å². The van der Waals surface area contributed by atoms with E-state index in [1.54, 1.807) is 18.2 Å². The molecule has 6 nitrogen and oxygen atoms in total. The summed E-state index contributed by atoms with van der Waals surface area (Å²) in [6.45, 7) is 0.348. The van der Waals surface area contributed by atoms with Crippen LogP contribution in [-0.4, -0.2) is 4.92 Å². The van der Waals surface area contributed by atoms with Crippen LogP contribution in [0, 0.1) is 21.4 Å². The third-order valence-electron chi connectivity index (χ3n) is 3.33. The molecule has 0 amide bonds. The van der Waals surface area contributed by atoms with Crippen LogP contribution < -0.4 is 5.32 Å². The molecule has 0 spiro atoms. The van der Waals surface area contributed by atoms with Gasteiger partial charge in [-0.2, -0.15) is 5.26 Å². The lowest BCUT2D eigenvalue weighted by molar-refractivity contribution is -0.384. The number of hydrogen-bond donors (Lipinski definition) is 1. The number of nitriles is 1. The van der Waals surface area contributed by atoms with Gasteiger partial charge in [0.15, 0.2) is 0 Å². The predicted molar refractivity (Wildman–Crippen MR) is 81.4 cm³/mol. The number of non-ortho nitro benzene ring substituents is 1. The maximum atomic E-state index is 10.8. The van der Waals surface area contributed by atoms with Crippen molar-refractivity contribution in [2.45, 2.75) is 6.54 Å². The van der Waals surface area contributed by atoms with Crippen LogP contribution in [0.3, 0.4) is 0 Å². The van der Waals surface area contributed by atoms with Gasteiger partial charge in [0.05, 0.1) is 4.92 Å². The van der Waals surface area contributed by atoms with Crippen LogP contribution in [-0.2, 0) is 6.54 Å². The first-order valence-corrected chi connectivity index (χ1v) is 6.58. The van der Waals surface area contributed by atoms with Gasteiger partial charge in [-0.25, -0.2) is 0 Å². The van der Waals surface area contributed by atoms with E-state index in [2.05, 4.69) is 5.32 Å². The number of hydrogen-bond acceptors (Lipinski definition) is 5. The first-order valence-electron chi connectivity index (χ1n) is 6.58. The molecule has 0 saturated carbocycles. The highest BCUT2D eigenvalue weighted by atomic mass is 16.6. The summed E-state index contributed by atoms with van der Waals surface area (Å²) < 4.78 is 5.49. The summed E-state index contributed by atoms with van der Waals surface area (Å²) in [6.07, 6.45) is 0. The first-order chi connectivity index (χ1) is 10.7. The number of nitrogens with one attached hydrogen (secondary N) is 1. The van der Waals surface area contributed by atoms with Gasteiger partial charge in [0, 0.05) is 35.3 Å². The van der Waals surface area contributed by atoms with E-state index in [1.165, 1.54) is 12.1 Å². The third-order valence-corrected chi connectivity index (χ3v) is 3.33. The van der Waals surface area contributed by atoms with Gasteiger partial charge in [-0.3, -0.25) is 10.1 Å². The van der Waals surface area contributed by atoms with Gasteiger partial charge >= 0.3 is 0 Å². The monoisotopic (exact) mass is 293 g/mol. The summed E-state index contributed by atoms with van der Waals surface area (Å²) >= 11 is 0. The van der Waals surface area contributed by atoms with Gasteiger partial charge < -0.3 is 9.73 Å². The number of rotatable bonds is 4. The summed E-state index contributed by atoms with van der Waals surface area (Å²) in [5, 5.41) is 23.9. The fourth-order valence-electron chi connectivity index (χ4n) is 2.28. The minimum Gasteiger partial charge on any atom is -0.445 e. The Hall–Kier alpha value is -3.33. The second-order valence-corrected chi connectivity index (χ2v) is 4.68. The van der Waals surface area contributed by atoms with Crippen LogP contribution in [0.15, 0.2) is 52.9 Å². The zero-order valence-corrected chi connectivity index (χ0v) is 11.4. The van der Waals surface area contributed by atoms with Crippen molar-refractivity contribution in [3.63, 3.8) is 0 Å². The van der Waals surface area contributed by atoms with Crippen molar-refractivity contribution >= 4 is 22.3 Å². The summed E-state index contributed by atoms with van der Waals surface area (Å²) in [5.74, 6) is 0.249. The number of anilines is 1. The van der Waals surface area contributed by atoms with E-state index < -0.39 is 4.92 Å². The normalized spacial score (nSPS) is 10.3. The first kappa shape index (κ1) is 13.6. The van der Waals surface area contributed by atoms with E-state index in [-0.39, 0.29) is 11.4 Å². The third kappa shape index (κ3) is 2.47. The Morgan fingerprint density at radius 1 is 1.23 bits per heavy atom. The smallest absolute Gasteiger partial charge is 0.271 e. The standard InChI is InChI=1S/C16H11N3O3/c17-9-16-14(13-6-1-2-7-15(13)22-16)10-18-11-4-3-5-12(8-11)19(20)21/h1-8,18H,10H2. The SMILES string of the molecule is N#Cc1oc2ccccc2c1CNc1cccc([N+](=O)[O-])c1. The number of para-hydroxylation sites is 1. The molecule has 3 rings (SSSR count). The molecule has 0 aliphatic heterocycles. The highest BCUT2D eigenvalue weighted by molar-refractivity contribution is 5.83. The maximum absolute atomic E-state index is 10.8. The Kier molecular flexibility index (Phi) is 3.46. The number of nitrogens with zero attached hydrogens (tertiary/aromatic N) is 2. The fraction of sp³-hybridized carbons (Fsp3) is 0.0625. The quantitative estimate of drug-likeness (QED) is 0.583. The Morgan fingerprint density at radius 3 is 2.82 bits per heavy atom. The second kappa shape index (κ2) is 5.58. The Morgan fingerprint density at radius 2 is 2.05 bits per heavy atom. The highest BCUT2D eigenvalue weighted by Gasteiger charge is 2.13. The summed E-state index contributed by atoms with van der Waals surface area (Å²) in [7, 11) is 0. The van der Waals surface area contributed by atoms with Crippen molar-refractivity contribution in [1.82, 2.24) is 0 Å². The Bertz CT molecular complexity index is 893. The maximum Gasteiger partial charge on any atom is 0.271 e. The van der Waals surface area contributed by atoms with Crippen molar-refractivity contribution in [1.29, 1.82) is 5.26 Å². The Balaban J connectivity index is 1.90. The van der Waals surface area contributed by atoms with E-state index in [1.807, 2.05) is 24.3 Å². The second-order valence-electron chi connectivity index (χ2n) is 4.68. The van der Waals surface area contributed by atoms with Crippen LogP contribution in [0.4, 0.5) is 11.4 Å². The van der Waals surface area contributed by atoms with Gasteiger partial charge in [0.25, 0.3) is 5.69 Å². The molecule has 0 fully saturated rings. The number of benzene rings is 2. The summed E-state index contributed by atoms with van der Waals surface area (Å²) in [5.41, 5.74) is 2.02. The number of nitro benzene ring substituents is 1. The van der Waals surface area contributed by atoms with Crippen molar-refractivity contribution in [3.05, 3.63) is 70.0 Å². The van der Waals surface area contributed by atoms with E-state index in [9.17, 15) is 15.4 Å². The average Bonchev–Trinajstić information content (AvgIpc) is 2.91. The molecule has 0 aliphatic carbocycles. The number of fused-ring (bicyclic) bond motifs is 1. The fourth-order valence-corrected chi connectivity index (χ4v) is 2.28. The lowest BCUT2D eigenvalue weighted by atomic mass is 10.1. The van der Waals surface area contributed by atoms with Crippen LogP contribution in [0.2, 0.25) is 0 Å². The van der Waals surface area contributed by atoms with Crippen molar-refractivity contribution in [2.24, 2.45) is 0 Å². The highest BCUT2D eigenvalue weighted by Crippen LogP contribution is 2.26. The molecule has 1 aromatic heterocycles. The van der Waals surface area contributed by atoms with Crippen molar-refractivity contribution in [2.75, 3.05) is 5.32 Å². The van der Waals surface area contributed by atoms with Crippen LogP contribution in [0.1, 0.15) is 11.3 Å². The molecule has 0 radical (unpaired) electrons. The number of furan rings is 1. The minimum atomic E-state index is -0.445. The van der Waals surface area contributed by atoms with Crippen LogP contribution in [0.5, 0.6) is 0 Å². The molecule has 1 N–H and O–H groups in total. The van der Waals surface area contributed by atoms with Gasteiger partial charge in [-0.15, -0.1) is 0 Å². The van der Waals surface area contributed by atoms with E-state index >= 15 is 0 Å². The van der Waals surface area contributed by atoms with Crippen LogP contribution >= 0.6 is 0 Å². The molecule has 0 atom stereocenters. The molecule has 1 heterocycles. The molecule has 0 aliphatic rings. The predicted octanol–water partition coefficient (Wildman–Crippen LogP) is 3.82. The molecule has 22 heavy (non-hydrogen) atoms. The molecule has 0 bridgehead atoms. The van der Waals surface area contributed by atoms with E-state index in [4.69, 9.17) is 4.42 Å².